The molecule has 0 saturated carbocycles. The Labute approximate surface area is 131 Å². The molecule has 0 heterocycles. The molecule has 2 N–H and O–H groups in total. The van der Waals surface area contributed by atoms with E-state index in [1.807, 2.05) is 19.9 Å². The third-order valence-electron chi connectivity index (χ3n) is 3.00. The van der Waals surface area contributed by atoms with E-state index in [4.69, 9.17) is 10.5 Å². The zero-order valence-corrected chi connectivity index (χ0v) is 13.3. The highest BCUT2D eigenvalue weighted by atomic mass is 79.9. The molecular weight excluding hydrogens is 336 g/mol. The molecule has 21 heavy (non-hydrogen) atoms. The molecule has 0 bridgehead atoms. The second-order valence-electron chi connectivity index (χ2n) is 4.80. The van der Waals surface area contributed by atoms with Gasteiger partial charge in [0.15, 0.2) is 0 Å². The summed E-state index contributed by atoms with van der Waals surface area (Å²) in [5.41, 5.74) is 7.61. The summed E-state index contributed by atoms with van der Waals surface area (Å²) in [6.07, 6.45) is 0. The minimum absolute atomic E-state index is 0.0620. The summed E-state index contributed by atoms with van der Waals surface area (Å²) in [7, 11) is 0. The average Bonchev–Trinajstić information content (AvgIpc) is 2.37. The maximum atomic E-state index is 11.0. The van der Waals surface area contributed by atoms with E-state index in [1.54, 1.807) is 24.3 Å². The Hall–Kier alpha value is -1.92. The highest BCUT2D eigenvalue weighted by Crippen LogP contribution is 2.34. The van der Waals surface area contributed by atoms with E-state index >= 15 is 0 Å². The molecule has 0 aliphatic heterocycles. The van der Waals surface area contributed by atoms with Gasteiger partial charge in [-0.2, -0.15) is 0 Å². The van der Waals surface area contributed by atoms with E-state index in [2.05, 4.69) is 15.9 Å². The Bertz CT molecular complexity index is 687. The molecule has 2 aromatic rings. The number of ether oxygens (including phenoxy) is 1. The van der Waals surface area contributed by atoms with Gasteiger partial charge in [0.2, 0.25) is 5.75 Å². The van der Waals surface area contributed by atoms with Crippen LogP contribution in [0.5, 0.6) is 11.5 Å². The fourth-order valence-corrected chi connectivity index (χ4v) is 2.64. The average molecular weight is 351 g/mol. The molecule has 0 spiro atoms. The molecule has 0 amide bonds. The number of rotatable bonds is 4. The Morgan fingerprint density at radius 2 is 2.00 bits per heavy atom. The molecule has 1 atom stereocenters. The van der Waals surface area contributed by atoms with Crippen LogP contribution in [0.1, 0.15) is 24.1 Å². The number of hydrogen-bond acceptors (Lipinski definition) is 4. The molecule has 5 nitrogen and oxygen atoms in total. The van der Waals surface area contributed by atoms with E-state index in [-0.39, 0.29) is 17.5 Å². The van der Waals surface area contributed by atoms with Gasteiger partial charge < -0.3 is 10.5 Å². The van der Waals surface area contributed by atoms with Crippen molar-refractivity contribution in [3.8, 4) is 11.5 Å². The van der Waals surface area contributed by atoms with Gasteiger partial charge in [-0.3, -0.25) is 10.1 Å². The van der Waals surface area contributed by atoms with E-state index in [9.17, 15) is 10.1 Å². The van der Waals surface area contributed by atoms with Crippen molar-refractivity contribution >= 4 is 21.6 Å². The number of nitrogens with two attached hydrogens (primary N) is 1. The van der Waals surface area contributed by atoms with Crippen LogP contribution in [-0.2, 0) is 0 Å². The highest BCUT2D eigenvalue weighted by molar-refractivity contribution is 9.10. The third kappa shape index (κ3) is 3.59. The fourth-order valence-electron chi connectivity index (χ4n) is 1.92. The van der Waals surface area contributed by atoms with Crippen molar-refractivity contribution in [2.75, 3.05) is 0 Å². The van der Waals surface area contributed by atoms with E-state index < -0.39 is 4.92 Å². The summed E-state index contributed by atoms with van der Waals surface area (Å²) in [6.45, 7) is 3.73. The maximum Gasteiger partial charge on any atom is 0.311 e. The standard InChI is InChI=1S/C15H15BrN2O3/c1-9-3-6-14(18(19)20)15(7-9)21-11-4-5-12(10(2)17)13(16)8-11/h3-8,10H,17H2,1-2H3. The van der Waals surface area contributed by atoms with Crippen LogP contribution in [0.3, 0.4) is 0 Å². The quantitative estimate of drug-likeness (QED) is 0.651. The normalized spacial score (nSPS) is 12.0. The van der Waals surface area contributed by atoms with Gasteiger partial charge in [-0.15, -0.1) is 0 Å². The number of hydrogen-bond donors (Lipinski definition) is 1. The number of aryl methyl sites for hydroxylation is 1. The van der Waals surface area contributed by atoms with Crippen LogP contribution in [0.25, 0.3) is 0 Å². The second kappa shape index (κ2) is 6.24. The predicted octanol–water partition coefficient (Wildman–Crippen LogP) is 4.48. The van der Waals surface area contributed by atoms with Crippen LogP contribution in [0, 0.1) is 17.0 Å². The van der Waals surface area contributed by atoms with Crippen LogP contribution >= 0.6 is 15.9 Å². The number of benzene rings is 2. The number of nitrogens with zero attached hydrogens (tertiary/aromatic N) is 1. The van der Waals surface area contributed by atoms with Gasteiger partial charge in [0, 0.05) is 16.6 Å². The summed E-state index contributed by atoms with van der Waals surface area (Å²) in [5, 5.41) is 11.0. The summed E-state index contributed by atoms with van der Waals surface area (Å²) < 4.78 is 6.47. The van der Waals surface area contributed by atoms with Gasteiger partial charge in [0.1, 0.15) is 5.75 Å². The van der Waals surface area contributed by atoms with Gasteiger partial charge in [-0.05, 0) is 43.2 Å². The Morgan fingerprint density at radius 3 is 2.57 bits per heavy atom. The molecule has 0 fully saturated rings. The topological polar surface area (TPSA) is 78.4 Å². The van der Waals surface area contributed by atoms with E-state index in [1.165, 1.54) is 6.07 Å². The first kappa shape index (κ1) is 15.5. The lowest BCUT2D eigenvalue weighted by Gasteiger charge is -2.11. The van der Waals surface area contributed by atoms with Crippen molar-refractivity contribution in [2.45, 2.75) is 19.9 Å². The monoisotopic (exact) mass is 350 g/mol. The van der Waals surface area contributed by atoms with Crippen LogP contribution in [-0.4, -0.2) is 4.92 Å². The molecule has 6 heteroatoms. The van der Waals surface area contributed by atoms with Crippen molar-refractivity contribution in [1.29, 1.82) is 0 Å². The zero-order valence-electron chi connectivity index (χ0n) is 11.7. The summed E-state index contributed by atoms with van der Waals surface area (Å²) in [5.74, 6) is 0.737. The van der Waals surface area contributed by atoms with Crippen LogP contribution in [0.15, 0.2) is 40.9 Å². The molecule has 0 aliphatic rings. The molecule has 2 aromatic carbocycles. The minimum atomic E-state index is -0.458. The first-order valence-corrected chi connectivity index (χ1v) is 7.15. The van der Waals surface area contributed by atoms with Crippen LogP contribution in [0.4, 0.5) is 5.69 Å². The fraction of sp³-hybridized carbons (Fsp3) is 0.200. The summed E-state index contributed by atoms with van der Waals surface area (Å²) in [4.78, 5) is 10.6. The zero-order chi connectivity index (χ0) is 15.6. The molecule has 0 radical (unpaired) electrons. The predicted molar refractivity (Wildman–Crippen MR) is 84.7 cm³/mol. The van der Waals surface area contributed by atoms with Gasteiger partial charge >= 0.3 is 5.69 Å². The lowest BCUT2D eigenvalue weighted by molar-refractivity contribution is -0.385. The molecule has 0 aliphatic carbocycles. The second-order valence-corrected chi connectivity index (χ2v) is 5.66. The molecular formula is C15H15BrN2O3. The van der Waals surface area contributed by atoms with Crippen molar-refractivity contribution in [1.82, 2.24) is 0 Å². The van der Waals surface area contributed by atoms with Gasteiger partial charge in [0.25, 0.3) is 0 Å². The van der Waals surface area contributed by atoms with Crippen LogP contribution < -0.4 is 10.5 Å². The van der Waals surface area contributed by atoms with Crippen molar-refractivity contribution in [2.24, 2.45) is 5.73 Å². The number of halogens is 1. The Kier molecular flexibility index (Phi) is 4.59. The van der Waals surface area contributed by atoms with Crippen molar-refractivity contribution < 1.29 is 9.66 Å². The lowest BCUT2D eigenvalue weighted by atomic mass is 10.1. The summed E-state index contributed by atoms with van der Waals surface area (Å²) in [6, 6.07) is 10.00. The lowest BCUT2D eigenvalue weighted by Crippen LogP contribution is -2.05. The van der Waals surface area contributed by atoms with Gasteiger partial charge in [-0.1, -0.05) is 28.1 Å². The third-order valence-corrected chi connectivity index (χ3v) is 3.69. The SMILES string of the molecule is Cc1ccc([N+](=O)[O-])c(Oc2ccc(C(C)N)c(Br)c2)c1. The first-order chi connectivity index (χ1) is 9.88. The van der Waals surface area contributed by atoms with Gasteiger partial charge in [-0.25, -0.2) is 0 Å². The summed E-state index contributed by atoms with van der Waals surface area (Å²) >= 11 is 3.43. The molecule has 110 valence electrons. The molecule has 1 unspecified atom stereocenters. The smallest absolute Gasteiger partial charge is 0.311 e. The first-order valence-electron chi connectivity index (χ1n) is 6.36. The molecule has 0 aromatic heterocycles. The Balaban J connectivity index is 2.36. The van der Waals surface area contributed by atoms with Crippen molar-refractivity contribution in [3.63, 3.8) is 0 Å². The Morgan fingerprint density at radius 1 is 1.29 bits per heavy atom. The van der Waals surface area contributed by atoms with Crippen molar-refractivity contribution in [3.05, 3.63) is 62.1 Å². The minimum Gasteiger partial charge on any atom is -0.450 e. The van der Waals surface area contributed by atoms with E-state index in [0.717, 1.165) is 15.6 Å². The van der Waals surface area contributed by atoms with E-state index in [0.29, 0.717) is 5.75 Å². The maximum absolute atomic E-state index is 11.0. The largest absolute Gasteiger partial charge is 0.450 e. The number of nitro groups is 1. The van der Waals surface area contributed by atoms with Crippen LogP contribution in [0.2, 0.25) is 0 Å². The highest BCUT2D eigenvalue weighted by Gasteiger charge is 2.16. The molecule has 2 rings (SSSR count). The van der Waals surface area contributed by atoms with Gasteiger partial charge in [0.05, 0.1) is 4.92 Å². The molecule has 0 saturated heterocycles. The number of nitro benzene ring substituents is 1.